The molecule has 0 aliphatic carbocycles. The lowest BCUT2D eigenvalue weighted by Crippen LogP contribution is -2.40. The Balaban J connectivity index is 1.55. The highest BCUT2D eigenvalue weighted by Crippen LogP contribution is 2.24. The van der Waals surface area contributed by atoms with E-state index in [4.69, 9.17) is 4.42 Å². The largest absolute Gasteiger partial charge is 0.469 e. The number of hydrogen-bond acceptors (Lipinski definition) is 5. The van der Waals surface area contributed by atoms with Crippen LogP contribution >= 0.6 is 0 Å². The van der Waals surface area contributed by atoms with Crippen molar-refractivity contribution in [1.82, 2.24) is 10.9 Å². The van der Waals surface area contributed by atoms with Gasteiger partial charge in [-0.2, -0.15) is 0 Å². The smallest absolute Gasteiger partial charge is 0.273 e. The Morgan fingerprint density at radius 3 is 2.48 bits per heavy atom. The maximum Gasteiger partial charge on any atom is 0.273 e. The van der Waals surface area contributed by atoms with E-state index in [9.17, 15) is 18.0 Å². The molecule has 2 amide bonds. The molecule has 0 bridgehead atoms. The van der Waals surface area contributed by atoms with Crippen molar-refractivity contribution >= 4 is 33.6 Å². The van der Waals surface area contributed by atoms with E-state index in [2.05, 4.69) is 10.9 Å². The number of sulfonamides is 1. The molecular formula is C18H19N3O5S. The number of aryl methyl sites for hydroxylation is 1. The quantitative estimate of drug-likeness (QED) is 0.610. The molecule has 0 spiro atoms. The van der Waals surface area contributed by atoms with E-state index in [1.54, 1.807) is 37.3 Å². The van der Waals surface area contributed by atoms with Gasteiger partial charge in [0.25, 0.3) is 11.8 Å². The van der Waals surface area contributed by atoms with Crippen molar-refractivity contribution in [3.05, 3.63) is 59.6 Å². The van der Waals surface area contributed by atoms with Gasteiger partial charge in [-0.05, 0) is 43.2 Å². The lowest BCUT2D eigenvalue weighted by atomic mass is 10.2. The van der Waals surface area contributed by atoms with Crippen LogP contribution in [0.2, 0.25) is 0 Å². The summed E-state index contributed by atoms with van der Waals surface area (Å²) in [6.07, 6.45) is 4.84. The van der Waals surface area contributed by atoms with Crippen LogP contribution in [0.5, 0.6) is 0 Å². The fourth-order valence-corrected chi connectivity index (χ4v) is 4.27. The van der Waals surface area contributed by atoms with Crippen molar-refractivity contribution in [2.75, 3.05) is 16.6 Å². The van der Waals surface area contributed by atoms with Crippen molar-refractivity contribution in [2.45, 2.75) is 13.3 Å². The summed E-state index contributed by atoms with van der Waals surface area (Å²) < 4.78 is 30.2. The highest BCUT2D eigenvalue weighted by atomic mass is 32.2. The number of amides is 2. The second-order valence-electron chi connectivity index (χ2n) is 6.00. The van der Waals surface area contributed by atoms with Gasteiger partial charge in [0.15, 0.2) is 0 Å². The first-order valence-corrected chi connectivity index (χ1v) is 9.91. The lowest BCUT2D eigenvalue weighted by molar-refractivity contribution is -0.117. The summed E-state index contributed by atoms with van der Waals surface area (Å²) in [5.41, 5.74) is 6.25. The van der Waals surface area contributed by atoms with Crippen molar-refractivity contribution in [2.24, 2.45) is 0 Å². The number of carbonyl (C=O) groups is 2. The van der Waals surface area contributed by atoms with Crippen LogP contribution in [0, 0.1) is 6.92 Å². The molecule has 0 saturated carbocycles. The Kier molecular flexibility index (Phi) is 5.31. The topological polar surface area (TPSA) is 109 Å². The van der Waals surface area contributed by atoms with E-state index in [-0.39, 0.29) is 5.75 Å². The molecule has 0 radical (unpaired) electrons. The summed E-state index contributed by atoms with van der Waals surface area (Å²) in [4.78, 5) is 23.7. The zero-order chi connectivity index (χ0) is 19.4. The number of carbonyl (C=O) groups excluding carboxylic acids is 2. The lowest BCUT2D eigenvalue weighted by Gasteiger charge is -2.16. The molecule has 3 rings (SSSR count). The van der Waals surface area contributed by atoms with E-state index in [0.717, 1.165) is 5.56 Å². The average Bonchev–Trinajstić information content (AvgIpc) is 3.23. The second-order valence-corrected chi connectivity index (χ2v) is 8.01. The van der Waals surface area contributed by atoms with Crippen LogP contribution in [-0.2, 0) is 14.8 Å². The second kappa shape index (κ2) is 7.67. The Labute approximate surface area is 156 Å². The molecule has 8 nitrogen and oxygen atoms in total. The fraction of sp³-hybridized carbons (Fsp3) is 0.222. The Morgan fingerprint density at radius 1 is 1.15 bits per heavy atom. The average molecular weight is 389 g/mol. The van der Waals surface area contributed by atoms with Gasteiger partial charge in [-0.15, -0.1) is 0 Å². The van der Waals surface area contributed by atoms with E-state index in [1.165, 1.54) is 22.7 Å². The summed E-state index contributed by atoms with van der Waals surface area (Å²) >= 11 is 0. The van der Waals surface area contributed by atoms with Crippen LogP contribution < -0.4 is 15.2 Å². The van der Waals surface area contributed by atoms with Gasteiger partial charge in [0, 0.05) is 12.6 Å². The third kappa shape index (κ3) is 4.37. The van der Waals surface area contributed by atoms with Crippen molar-refractivity contribution in [3.63, 3.8) is 0 Å². The molecule has 1 aliphatic rings. The fourth-order valence-electron chi connectivity index (χ4n) is 2.70. The summed E-state index contributed by atoms with van der Waals surface area (Å²) in [6, 6.07) is 8.35. The highest BCUT2D eigenvalue weighted by Gasteiger charge is 2.28. The summed E-state index contributed by atoms with van der Waals surface area (Å²) in [6.45, 7) is 2.13. The molecule has 1 aromatic carbocycles. The van der Waals surface area contributed by atoms with Gasteiger partial charge >= 0.3 is 0 Å². The molecule has 9 heteroatoms. The first-order chi connectivity index (χ1) is 12.9. The number of hydrogen-bond donors (Lipinski definition) is 2. The zero-order valence-electron chi connectivity index (χ0n) is 14.6. The standard InChI is InChI=1S/C18H19N3O5S/c1-13-16(9-11-26-13)18(23)20-19-17(22)8-5-14-3-6-15(7-4-14)21-10-2-12-27(21,24)25/h3-9,11H,2,10,12H2,1H3,(H,19,22)(H,20,23)/b8-5+. The molecule has 1 saturated heterocycles. The predicted molar refractivity (Wildman–Crippen MR) is 100 cm³/mol. The Morgan fingerprint density at radius 2 is 1.89 bits per heavy atom. The summed E-state index contributed by atoms with van der Waals surface area (Å²) in [7, 11) is -3.21. The molecule has 0 atom stereocenters. The molecule has 2 N–H and O–H groups in total. The molecule has 1 aliphatic heterocycles. The number of rotatable bonds is 4. The van der Waals surface area contributed by atoms with Gasteiger partial charge in [-0.1, -0.05) is 12.1 Å². The van der Waals surface area contributed by atoms with Crippen LogP contribution in [-0.4, -0.2) is 32.5 Å². The monoisotopic (exact) mass is 389 g/mol. The van der Waals surface area contributed by atoms with E-state index in [0.29, 0.717) is 30.0 Å². The number of benzene rings is 1. The minimum atomic E-state index is -3.21. The Bertz CT molecular complexity index is 977. The minimum Gasteiger partial charge on any atom is -0.469 e. The normalized spacial score (nSPS) is 15.8. The predicted octanol–water partition coefficient (Wildman–Crippen LogP) is 1.60. The van der Waals surface area contributed by atoms with Crippen molar-refractivity contribution in [1.29, 1.82) is 0 Å². The molecule has 27 heavy (non-hydrogen) atoms. The first kappa shape index (κ1) is 18.7. The Hall–Kier alpha value is -3.07. The minimum absolute atomic E-state index is 0.166. The summed E-state index contributed by atoms with van der Waals surface area (Å²) in [5.74, 6) is -0.355. The first-order valence-electron chi connectivity index (χ1n) is 8.30. The van der Waals surface area contributed by atoms with Crippen LogP contribution in [0.1, 0.15) is 28.1 Å². The van der Waals surface area contributed by atoms with Crippen molar-refractivity contribution in [3.8, 4) is 0 Å². The molecule has 0 unspecified atom stereocenters. The zero-order valence-corrected chi connectivity index (χ0v) is 15.5. The highest BCUT2D eigenvalue weighted by molar-refractivity contribution is 7.93. The van der Waals surface area contributed by atoms with Gasteiger partial charge in [0.2, 0.25) is 10.0 Å². The number of nitrogens with one attached hydrogen (secondary N) is 2. The molecule has 1 aromatic heterocycles. The van der Waals surface area contributed by atoms with Gasteiger partial charge in [-0.25, -0.2) is 8.42 Å². The van der Waals surface area contributed by atoms with Gasteiger partial charge < -0.3 is 4.42 Å². The molecule has 142 valence electrons. The maximum absolute atomic E-state index is 11.9. The van der Waals surface area contributed by atoms with Gasteiger partial charge in [0.1, 0.15) is 5.76 Å². The van der Waals surface area contributed by atoms with Crippen LogP contribution in [0.3, 0.4) is 0 Å². The molecule has 2 heterocycles. The third-order valence-electron chi connectivity index (χ3n) is 4.11. The molecule has 1 fully saturated rings. The number of anilines is 1. The number of hydrazine groups is 1. The number of furan rings is 1. The molecule has 2 aromatic rings. The molecular weight excluding hydrogens is 370 g/mol. The van der Waals surface area contributed by atoms with E-state index < -0.39 is 21.8 Å². The SMILES string of the molecule is Cc1occc1C(=O)NNC(=O)/C=C/c1ccc(N2CCCS2(=O)=O)cc1. The van der Waals surface area contributed by atoms with Crippen LogP contribution in [0.25, 0.3) is 6.08 Å². The van der Waals surface area contributed by atoms with E-state index in [1.807, 2.05) is 0 Å². The van der Waals surface area contributed by atoms with Crippen LogP contribution in [0.15, 0.2) is 47.1 Å². The summed E-state index contributed by atoms with van der Waals surface area (Å²) in [5, 5.41) is 0. The number of nitrogens with zero attached hydrogens (tertiary/aromatic N) is 1. The van der Waals surface area contributed by atoms with Gasteiger partial charge in [-0.3, -0.25) is 24.7 Å². The van der Waals surface area contributed by atoms with Crippen molar-refractivity contribution < 1.29 is 22.4 Å². The van der Waals surface area contributed by atoms with E-state index >= 15 is 0 Å². The van der Waals surface area contributed by atoms with Gasteiger partial charge in [0.05, 0.1) is 23.3 Å². The maximum atomic E-state index is 11.9. The van der Waals surface area contributed by atoms with Crippen LogP contribution in [0.4, 0.5) is 5.69 Å². The third-order valence-corrected chi connectivity index (χ3v) is 5.98.